The van der Waals surface area contributed by atoms with Gasteiger partial charge in [0.25, 0.3) is 0 Å². The van der Waals surface area contributed by atoms with Gasteiger partial charge in [-0.15, -0.1) is 0 Å². The van der Waals surface area contributed by atoms with E-state index in [0.29, 0.717) is 24.6 Å². The number of para-hydroxylation sites is 1. The van der Waals surface area contributed by atoms with Crippen LogP contribution in [0.5, 0.6) is 5.75 Å². The van der Waals surface area contributed by atoms with Crippen LogP contribution in [-0.4, -0.2) is 15.2 Å². The van der Waals surface area contributed by atoms with Gasteiger partial charge in [0.05, 0.1) is 6.42 Å². The molecule has 0 bridgehead atoms. The van der Waals surface area contributed by atoms with Crippen LogP contribution >= 0.6 is 0 Å². The van der Waals surface area contributed by atoms with Crippen LogP contribution in [0.3, 0.4) is 0 Å². The third-order valence-electron chi connectivity index (χ3n) is 3.05. The largest absolute Gasteiger partial charge is 0.508 e. The van der Waals surface area contributed by atoms with E-state index in [1.54, 1.807) is 12.1 Å². The molecule has 0 saturated heterocycles. The Morgan fingerprint density at radius 1 is 0.900 bits per heavy atom. The van der Waals surface area contributed by atoms with Crippen molar-refractivity contribution in [3.05, 3.63) is 77.4 Å². The van der Waals surface area contributed by atoms with Gasteiger partial charge in [-0.05, 0) is 11.6 Å². The second kappa shape index (κ2) is 5.57. The first-order valence-electron chi connectivity index (χ1n) is 6.43. The summed E-state index contributed by atoms with van der Waals surface area (Å²) in [6, 6.07) is 17.1. The Labute approximate surface area is 116 Å². The molecule has 0 aliphatic carbocycles. The van der Waals surface area contributed by atoms with Crippen molar-refractivity contribution in [1.29, 1.82) is 0 Å². The highest BCUT2D eigenvalue weighted by Crippen LogP contribution is 2.19. The van der Waals surface area contributed by atoms with Crippen molar-refractivity contribution in [2.45, 2.75) is 12.8 Å². The van der Waals surface area contributed by atoms with E-state index in [0.717, 1.165) is 11.1 Å². The average molecular weight is 266 g/mol. The van der Waals surface area contributed by atoms with Crippen molar-refractivity contribution in [3.8, 4) is 5.75 Å². The van der Waals surface area contributed by atoms with Gasteiger partial charge in [0.2, 0.25) is 5.89 Å². The standard InChI is InChI=1S/C16H14N2O2/c19-14-9-5-4-8-13(14)11-16-17-15(18-20-16)10-12-6-2-1-3-7-12/h1-9,19H,10-11H2. The van der Waals surface area contributed by atoms with E-state index in [9.17, 15) is 5.11 Å². The van der Waals surface area contributed by atoms with Crippen molar-refractivity contribution in [2.75, 3.05) is 0 Å². The molecule has 0 amide bonds. The topological polar surface area (TPSA) is 59.2 Å². The highest BCUT2D eigenvalue weighted by Gasteiger charge is 2.09. The molecule has 3 rings (SSSR count). The van der Waals surface area contributed by atoms with Gasteiger partial charge in [0.15, 0.2) is 5.82 Å². The number of hydrogen-bond acceptors (Lipinski definition) is 4. The maximum atomic E-state index is 9.72. The molecule has 3 aromatic rings. The van der Waals surface area contributed by atoms with E-state index < -0.39 is 0 Å². The van der Waals surface area contributed by atoms with E-state index in [1.165, 1.54) is 0 Å². The first kappa shape index (κ1) is 12.4. The van der Waals surface area contributed by atoms with Crippen LogP contribution in [0.15, 0.2) is 59.1 Å². The van der Waals surface area contributed by atoms with E-state index in [-0.39, 0.29) is 5.75 Å². The monoisotopic (exact) mass is 266 g/mol. The maximum Gasteiger partial charge on any atom is 0.231 e. The molecular weight excluding hydrogens is 252 g/mol. The van der Waals surface area contributed by atoms with Crippen LogP contribution in [0.4, 0.5) is 0 Å². The number of hydrogen-bond donors (Lipinski definition) is 1. The fraction of sp³-hybridized carbons (Fsp3) is 0.125. The van der Waals surface area contributed by atoms with Crippen LogP contribution in [0, 0.1) is 0 Å². The van der Waals surface area contributed by atoms with Gasteiger partial charge in [-0.25, -0.2) is 0 Å². The minimum absolute atomic E-state index is 0.246. The highest BCUT2D eigenvalue weighted by molar-refractivity contribution is 5.33. The summed E-state index contributed by atoms with van der Waals surface area (Å²) in [5.41, 5.74) is 1.92. The number of nitrogens with zero attached hydrogens (tertiary/aromatic N) is 2. The van der Waals surface area contributed by atoms with Crippen LogP contribution in [0.25, 0.3) is 0 Å². The van der Waals surface area contributed by atoms with E-state index in [1.807, 2.05) is 42.5 Å². The summed E-state index contributed by atoms with van der Waals surface area (Å²) in [4.78, 5) is 4.35. The van der Waals surface area contributed by atoms with Crippen molar-refractivity contribution >= 4 is 0 Å². The second-order valence-electron chi connectivity index (χ2n) is 4.57. The lowest BCUT2D eigenvalue weighted by Crippen LogP contribution is -1.92. The molecule has 0 spiro atoms. The molecule has 0 unspecified atom stereocenters. The lowest BCUT2D eigenvalue weighted by molar-refractivity contribution is 0.378. The third-order valence-corrected chi connectivity index (χ3v) is 3.05. The average Bonchev–Trinajstić information content (AvgIpc) is 2.90. The zero-order valence-electron chi connectivity index (χ0n) is 10.9. The molecule has 2 aromatic carbocycles. The van der Waals surface area contributed by atoms with Crippen LogP contribution < -0.4 is 0 Å². The zero-order chi connectivity index (χ0) is 13.8. The molecule has 0 fully saturated rings. The SMILES string of the molecule is Oc1ccccc1Cc1nc(Cc2ccccc2)no1. The molecule has 20 heavy (non-hydrogen) atoms. The Bertz CT molecular complexity index is 692. The molecule has 100 valence electrons. The van der Waals surface area contributed by atoms with E-state index >= 15 is 0 Å². The van der Waals surface area contributed by atoms with E-state index in [4.69, 9.17) is 4.52 Å². The molecule has 1 N–H and O–H groups in total. The fourth-order valence-electron chi connectivity index (χ4n) is 2.04. The molecular formula is C16H14N2O2. The van der Waals surface area contributed by atoms with Gasteiger partial charge in [0, 0.05) is 12.0 Å². The van der Waals surface area contributed by atoms with Crippen molar-refractivity contribution in [2.24, 2.45) is 0 Å². The molecule has 0 aliphatic heterocycles. The molecule has 0 saturated carbocycles. The summed E-state index contributed by atoms with van der Waals surface area (Å²) in [6.07, 6.45) is 1.08. The van der Waals surface area contributed by atoms with Crippen LogP contribution in [0.2, 0.25) is 0 Å². The predicted molar refractivity (Wildman–Crippen MR) is 74.5 cm³/mol. The Kier molecular flexibility index (Phi) is 3.46. The van der Waals surface area contributed by atoms with Gasteiger partial charge < -0.3 is 9.63 Å². The minimum atomic E-state index is 0.246. The molecule has 1 aromatic heterocycles. The number of phenols is 1. The summed E-state index contributed by atoms with van der Waals surface area (Å²) >= 11 is 0. The smallest absolute Gasteiger partial charge is 0.231 e. The molecule has 0 aliphatic rings. The number of aromatic hydroxyl groups is 1. The normalized spacial score (nSPS) is 10.6. The van der Waals surface area contributed by atoms with Gasteiger partial charge in [0.1, 0.15) is 5.75 Å². The minimum Gasteiger partial charge on any atom is -0.508 e. The number of aromatic nitrogens is 2. The number of benzene rings is 2. The third kappa shape index (κ3) is 2.85. The molecule has 0 radical (unpaired) electrons. The molecule has 4 heteroatoms. The van der Waals surface area contributed by atoms with E-state index in [2.05, 4.69) is 10.1 Å². The molecule has 0 atom stereocenters. The Morgan fingerprint density at radius 3 is 2.45 bits per heavy atom. The van der Waals surface area contributed by atoms with Gasteiger partial charge in [-0.1, -0.05) is 53.7 Å². The highest BCUT2D eigenvalue weighted by atomic mass is 16.5. The zero-order valence-corrected chi connectivity index (χ0v) is 10.9. The summed E-state index contributed by atoms with van der Waals surface area (Å²) in [5, 5.41) is 13.7. The summed E-state index contributed by atoms with van der Waals surface area (Å²) in [6.45, 7) is 0. The molecule has 1 heterocycles. The van der Waals surface area contributed by atoms with Gasteiger partial charge in [-0.2, -0.15) is 4.98 Å². The lowest BCUT2D eigenvalue weighted by atomic mass is 10.1. The first-order chi connectivity index (χ1) is 9.81. The maximum absolute atomic E-state index is 9.72. The van der Waals surface area contributed by atoms with Crippen molar-refractivity contribution < 1.29 is 9.63 Å². The van der Waals surface area contributed by atoms with Crippen LogP contribution in [0.1, 0.15) is 22.8 Å². The van der Waals surface area contributed by atoms with Crippen LogP contribution in [-0.2, 0) is 12.8 Å². The Morgan fingerprint density at radius 2 is 1.65 bits per heavy atom. The Balaban J connectivity index is 1.73. The Hall–Kier alpha value is -2.62. The summed E-state index contributed by atoms with van der Waals surface area (Å²) < 4.78 is 5.22. The molecule has 4 nitrogen and oxygen atoms in total. The number of phenolic OH excluding ortho intramolecular Hbond substituents is 1. The van der Waals surface area contributed by atoms with Gasteiger partial charge in [-0.3, -0.25) is 0 Å². The van der Waals surface area contributed by atoms with Gasteiger partial charge >= 0.3 is 0 Å². The lowest BCUT2D eigenvalue weighted by Gasteiger charge is -1.99. The first-order valence-corrected chi connectivity index (χ1v) is 6.43. The summed E-state index contributed by atoms with van der Waals surface area (Å²) in [7, 11) is 0. The predicted octanol–water partition coefficient (Wildman–Crippen LogP) is 2.96. The second-order valence-corrected chi connectivity index (χ2v) is 4.57. The summed E-state index contributed by atoms with van der Waals surface area (Å²) in [5.74, 6) is 1.41. The van der Waals surface area contributed by atoms with Crippen molar-refractivity contribution in [1.82, 2.24) is 10.1 Å². The fourth-order valence-corrected chi connectivity index (χ4v) is 2.04. The number of rotatable bonds is 4. The van der Waals surface area contributed by atoms with Crippen molar-refractivity contribution in [3.63, 3.8) is 0 Å². The quantitative estimate of drug-likeness (QED) is 0.788.